The number of urea groups is 1. The van der Waals surface area contributed by atoms with Crippen LogP contribution in [0.1, 0.15) is 24.5 Å². The van der Waals surface area contributed by atoms with Gasteiger partial charge < -0.3 is 19.5 Å². The van der Waals surface area contributed by atoms with Gasteiger partial charge in [-0.3, -0.25) is 9.69 Å². The summed E-state index contributed by atoms with van der Waals surface area (Å²) < 4.78 is 16.3. The highest BCUT2D eigenvalue weighted by atomic mass is 35.5. The van der Waals surface area contributed by atoms with Gasteiger partial charge in [-0.2, -0.15) is 0 Å². The molecule has 1 N–H and O–H groups in total. The summed E-state index contributed by atoms with van der Waals surface area (Å²) in [5.74, 6) is 1.38. The SMILES string of the molecule is CCC1(c2ccc(OC)cc2)NC(=O)N(Cc2cc(Cl)c3c(c2)OCCO3)C1=O. The maximum atomic E-state index is 13.3. The van der Waals surface area contributed by atoms with Crippen LogP contribution < -0.4 is 19.5 Å². The number of imide groups is 1. The summed E-state index contributed by atoms with van der Waals surface area (Å²) in [5.41, 5.74) is 0.285. The minimum atomic E-state index is -1.11. The molecule has 0 saturated carbocycles. The summed E-state index contributed by atoms with van der Waals surface area (Å²) in [5, 5.41) is 3.27. The number of fused-ring (bicyclic) bond motifs is 1. The van der Waals surface area contributed by atoms with Crippen LogP contribution in [0.25, 0.3) is 0 Å². The normalized spacial score (nSPS) is 20.6. The maximum Gasteiger partial charge on any atom is 0.325 e. The van der Waals surface area contributed by atoms with E-state index in [9.17, 15) is 9.59 Å². The predicted molar refractivity (Wildman–Crippen MR) is 106 cm³/mol. The molecule has 1 fully saturated rings. The molecule has 0 aromatic heterocycles. The third kappa shape index (κ3) is 3.25. The topological polar surface area (TPSA) is 77.1 Å². The van der Waals surface area contributed by atoms with Crippen LogP contribution in [-0.4, -0.2) is 37.2 Å². The summed E-state index contributed by atoms with van der Waals surface area (Å²) in [6.07, 6.45) is 0.419. The van der Waals surface area contributed by atoms with Crippen LogP contribution in [0.2, 0.25) is 5.02 Å². The summed E-state index contributed by atoms with van der Waals surface area (Å²) in [4.78, 5) is 27.2. The van der Waals surface area contributed by atoms with E-state index in [-0.39, 0.29) is 12.5 Å². The maximum absolute atomic E-state index is 13.3. The van der Waals surface area contributed by atoms with Crippen LogP contribution in [0.3, 0.4) is 0 Å². The molecule has 4 rings (SSSR count). The van der Waals surface area contributed by atoms with Gasteiger partial charge in [0.15, 0.2) is 11.5 Å². The fourth-order valence-corrected chi connectivity index (χ4v) is 4.01. The van der Waals surface area contributed by atoms with E-state index >= 15 is 0 Å². The number of carbonyl (C=O) groups excluding carboxylic acids is 2. The Labute approximate surface area is 173 Å². The molecule has 0 radical (unpaired) electrons. The zero-order valence-electron chi connectivity index (χ0n) is 16.2. The number of rotatable bonds is 5. The first-order valence-electron chi connectivity index (χ1n) is 9.35. The van der Waals surface area contributed by atoms with Gasteiger partial charge in [0, 0.05) is 0 Å². The molecule has 2 aliphatic rings. The van der Waals surface area contributed by atoms with Gasteiger partial charge in [-0.1, -0.05) is 30.7 Å². The lowest BCUT2D eigenvalue weighted by atomic mass is 9.87. The predicted octanol–water partition coefficient (Wildman–Crippen LogP) is 3.48. The van der Waals surface area contributed by atoms with Gasteiger partial charge in [0.05, 0.1) is 18.7 Å². The second kappa shape index (κ2) is 7.48. The van der Waals surface area contributed by atoms with Crippen molar-refractivity contribution in [1.29, 1.82) is 0 Å². The van der Waals surface area contributed by atoms with Crippen molar-refractivity contribution in [3.8, 4) is 17.2 Å². The highest BCUT2D eigenvalue weighted by Gasteiger charge is 2.51. The molecule has 2 aromatic rings. The fraction of sp³-hybridized carbons (Fsp3) is 0.333. The van der Waals surface area contributed by atoms with Crippen molar-refractivity contribution in [2.75, 3.05) is 20.3 Å². The monoisotopic (exact) mass is 416 g/mol. The van der Waals surface area contributed by atoms with Gasteiger partial charge in [0.2, 0.25) is 0 Å². The molecule has 2 aliphatic heterocycles. The molecule has 1 unspecified atom stereocenters. The average molecular weight is 417 g/mol. The first-order chi connectivity index (χ1) is 14.0. The second-order valence-corrected chi connectivity index (χ2v) is 7.32. The Morgan fingerprint density at radius 3 is 2.59 bits per heavy atom. The van der Waals surface area contributed by atoms with Gasteiger partial charge in [-0.15, -0.1) is 0 Å². The van der Waals surface area contributed by atoms with Gasteiger partial charge in [-0.05, 0) is 41.8 Å². The van der Waals surface area contributed by atoms with Crippen molar-refractivity contribution < 1.29 is 23.8 Å². The zero-order chi connectivity index (χ0) is 20.6. The van der Waals surface area contributed by atoms with E-state index in [1.54, 1.807) is 43.5 Å². The molecular weight excluding hydrogens is 396 g/mol. The average Bonchev–Trinajstić information content (AvgIpc) is 2.99. The lowest BCUT2D eigenvalue weighted by molar-refractivity contribution is -0.132. The first kappa shape index (κ1) is 19.4. The van der Waals surface area contributed by atoms with E-state index in [1.165, 1.54) is 4.90 Å². The van der Waals surface area contributed by atoms with Crippen molar-refractivity contribution in [2.45, 2.75) is 25.4 Å². The Morgan fingerprint density at radius 2 is 1.90 bits per heavy atom. The fourth-order valence-electron chi connectivity index (χ4n) is 3.72. The second-order valence-electron chi connectivity index (χ2n) is 6.91. The number of halogens is 1. The van der Waals surface area contributed by atoms with Crippen LogP contribution in [0, 0.1) is 0 Å². The molecule has 3 amide bonds. The standard InChI is InChI=1S/C21H21ClN2O5/c1-3-21(14-4-6-15(27-2)7-5-14)19(25)24(20(26)23-21)12-13-10-16(22)18-17(11-13)28-8-9-29-18/h4-7,10-11H,3,8-9,12H2,1-2H3,(H,23,26). The number of methoxy groups -OCH3 is 1. The molecule has 2 heterocycles. The Balaban J connectivity index is 1.63. The van der Waals surface area contributed by atoms with Crippen molar-refractivity contribution in [3.63, 3.8) is 0 Å². The number of amides is 3. The van der Waals surface area contributed by atoms with Crippen molar-refractivity contribution in [3.05, 3.63) is 52.5 Å². The van der Waals surface area contributed by atoms with Crippen LogP contribution in [0.15, 0.2) is 36.4 Å². The molecule has 29 heavy (non-hydrogen) atoms. The lowest BCUT2D eigenvalue weighted by Gasteiger charge is -2.26. The third-order valence-corrected chi connectivity index (χ3v) is 5.57. The largest absolute Gasteiger partial charge is 0.497 e. The summed E-state index contributed by atoms with van der Waals surface area (Å²) in [6.45, 7) is 2.80. The minimum absolute atomic E-state index is 0.0823. The van der Waals surface area contributed by atoms with Crippen molar-refractivity contribution in [2.24, 2.45) is 0 Å². The number of nitrogens with zero attached hydrogens (tertiary/aromatic N) is 1. The molecular formula is C21H21ClN2O5. The molecule has 2 aromatic carbocycles. The summed E-state index contributed by atoms with van der Waals surface area (Å²) in [6, 6.07) is 10.1. The van der Waals surface area contributed by atoms with Crippen molar-refractivity contribution in [1.82, 2.24) is 10.2 Å². The Morgan fingerprint density at radius 1 is 1.17 bits per heavy atom. The van der Waals surface area contributed by atoms with E-state index in [0.29, 0.717) is 53.0 Å². The van der Waals surface area contributed by atoms with E-state index in [4.69, 9.17) is 25.8 Å². The number of carbonyl (C=O) groups is 2. The van der Waals surface area contributed by atoms with E-state index in [0.717, 1.165) is 0 Å². The number of nitrogens with one attached hydrogen (secondary N) is 1. The zero-order valence-corrected chi connectivity index (χ0v) is 16.9. The number of hydrogen-bond donors (Lipinski definition) is 1. The molecule has 1 atom stereocenters. The Bertz CT molecular complexity index is 962. The van der Waals surface area contributed by atoms with E-state index < -0.39 is 11.6 Å². The van der Waals surface area contributed by atoms with Gasteiger partial charge in [0.1, 0.15) is 24.5 Å². The summed E-state index contributed by atoms with van der Waals surface area (Å²) in [7, 11) is 1.58. The molecule has 8 heteroatoms. The Kier molecular flexibility index (Phi) is 5.00. The molecule has 0 aliphatic carbocycles. The smallest absolute Gasteiger partial charge is 0.325 e. The van der Waals surface area contributed by atoms with Crippen LogP contribution in [0.5, 0.6) is 17.2 Å². The van der Waals surface area contributed by atoms with Gasteiger partial charge >= 0.3 is 6.03 Å². The van der Waals surface area contributed by atoms with E-state index in [1.807, 2.05) is 6.92 Å². The third-order valence-electron chi connectivity index (χ3n) is 5.29. The first-order valence-corrected chi connectivity index (χ1v) is 9.73. The Hall–Kier alpha value is -2.93. The molecule has 1 saturated heterocycles. The molecule has 0 bridgehead atoms. The van der Waals surface area contributed by atoms with Crippen LogP contribution in [0.4, 0.5) is 4.79 Å². The molecule has 7 nitrogen and oxygen atoms in total. The minimum Gasteiger partial charge on any atom is -0.497 e. The number of hydrogen-bond acceptors (Lipinski definition) is 5. The van der Waals surface area contributed by atoms with Gasteiger partial charge in [-0.25, -0.2) is 4.79 Å². The van der Waals surface area contributed by atoms with Crippen LogP contribution in [-0.2, 0) is 16.9 Å². The highest BCUT2D eigenvalue weighted by Crippen LogP contribution is 2.39. The highest BCUT2D eigenvalue weighted by molar-refractivity contribution is 6.32. The number of ether oxygens (including phenoxy) is 3. The van der Waals surface area contributed by atoms with Crippen molar-refractivity contribution >= 4 is 23.5 Å². The molecule has 0 spiro atoms. The van der Waals surface area contributed by atoms with Gasteiger partial charge in [0.25, 0.3) is 5.91 Å². The van der Waals surface area contributed by atoms with E-state index in [2.05, 4.69) is 5.32 Å². The number of benzene rings is 2. The summed E-state index contributed by atoms with van der Waals surface area (Å²) >= 11 is 6.29. The quantitative estimate of drug-likeness (QED) is 0.755. The van der Waals surface area contributed by atoms with Crippen LogP contribution >= 0.6 is 11.6 Å². The lowest BCUT2D eigenvalue weighted by Crippen LogP contribution is -2.43. The molecule has 152 valence electrons.